The van der Waals surface area contributed by atoms with Crippen molar-refractivity contribution in [3.8, 4) is 21.8 Å². The van der Waals surface area contributed by atoms with Gasteiger partial charge >= 0.3 is 0 Å². The van der Waals surface area contributed by atoms with E-state index in [-0.39, 0.29) is 5.95 Å². The first-order valence-corrected chi connectivity index (χ1v) is 10.1. The minimum atomic E-state index is 0.225. The smallest absolute Gasteiger partial charge is 0.219 e. The Hall–Kier alpha value is -3.30. The van der Waals surface area contributed by atoms with Crippen LogP contribution in [0.15, 0.2) is 42.7 Å². The van der Waals surface area contributed by atoms with Gasteiger partial charge in [-0.3, -0.25) is 0 Å². The van der Waals surface area contributed by atoms with E-state index in [1.165, 1.54) is 0 Å². The third-order valence-electron chi connectivity index (χ3n) is 4.77. The SMILES string of the molecule is Nc1cccc(-c2cc3nc(-c4cnc(N)nc4)nc(N4CCOCC4)c3s2)c1. The number of nitrogens with zero attached hydrogens (tertiary/aromatic N) is 5. The van der Waals surface area contributed by atoms with E-state index >= 15 is 0 Å². The van der Waals surface area contributed by atoms with Crippen molar-refractivity contribution in [2.45, 2.75) is 0 Å². The van der Waals surface area contributed by atoms with Gasteiger partial charge in [0.2, 0.25) is 5.95 Å². The fraction of sp³-hybridized carbons (Fsp3) is 0.200. The first-order valence-electron chi connectivity index (χ1n) is 9.25. The van der Waals surface area contributed by atoms with Gasteiger partial charge in [-0.1, -0.05) is 12.1 Å². The van der Waals surface area contributed by atoms with Gasteiger partial charge in [0.25, 0.3) is 0 Å². The lowest BCUT2D eigenvalue weighted by Crippen LogP contribution is -2.36. The van der Waals surface area contributed by atoms with Gasteiger partial charge in [-0.05, 0) is 23.8 Å². The summed E-state index contributed by atoms with van der Waals surface area (Å²) < 4.78 is 6.57. The summed E-state index contributed by atoms with van der Waals surface area (Å²) in [7, 11) is 0. The van der Waals surface area contributed by atoms with E-state index in [9.17, 15) is 0 Å². The van der Waals surface area contributed by atoms with E-state index in [0.717, 1.165) is 50.8 Å². The zero-order valence-corrected chi connectivity index (χ0v) is 16.4. The Labute approximate surface area is 171 Å². The first-order chi connectivity index (χ1) is 14.2. The normalized spacial score (nSPS) is 14.4. The van der Waals surface area contributed by atoms with Crippen molar-refractivity contribution in [2.24, 2.45) is 0 Å². The number of benzene rings is 1. The number of nitrogen functional groups attached to an aromatic ring is 2. The Kier molecular flexibility index (Phi) is 4.45. The Bertz CT molecular complexity index is 1170. The Morgan fingerprint density at radius 1 is 0.966 bits per heavy atom. The van der Waals surface area contributed by atoms with Crippen LogP contribution in [0, 0.1) is 0 Å². The predicted molar refractivity (Wildman–Crippen MR) is 116 cm³/mol. The molecule has 0 unspecified atom stereocenters. The highest BCUT2D eigenvalue weighted by molar-refractivity contribution is 7.22. The third-order valence-corrected chi connectivity index (χ3v) is 5.93. The second kappa shape index (κ2) is 7.26. The Morgan fingerprint density at radius 3 is 2.52 bits per heavy atom. The monoisotopic (exact) mass is 405 g/mol. The van der Waals surface area contributed by atoms with Crippen LogP contribution in [0.25, 0.3) is 32.0 Å². The highest BCUT2D eigenvalue weighted by Gasteiger charge is 2.20. The molecule has 4 N–H and O–H groups in total. The molecule has 0 spiro atoms. The van der Waals surface area contributed by atoms with E-state index < -0.39 is 0 Å². The number of anilines is 3. The summed E-state index contributed by atoms with van der Waals surface area (Å²) in [5.74, 6) is 1.71. The topological polar surface area (TPSA) is 116 Å². The second-order valence-corrected chi connectivity index (χ2v) is 7.80. The van der Waals surface area contributed by atoms with Gasteiger partial charge in [0, 0.05) is 36.0 Å². The van der Waals surface area contributed by atoms with Crippen molar-refractivity contribution in [2.75, 3.05) is 42.7 Å². The highest BCUT2D eigenvalue weighted by Crippen LogP contribution is 2.39. The molecule has 9 heteroatoms. The van der Waals surface area contributed by atoms with Crippen molar-refractivity contribution in [1.29, 1.82) is 0 Å². The number of ether oxygens (including phenoxy) is 1. The quantitative estimate of drug-likeness (QED) is 0.500. The molecule has 29 heavy (non-hydrogen) atoms. The summed E-state index contributed by atoms with van der Waals surface area (Å²) >= 11 is 1.67. The highest BCUT2D eigenvalue weighted by atomic mass is 32.1. The summed E-state index contributed by atoms with van der Waals surface area (Å²) in [6.45, 7) is 2.93. The third kappa shape index (κ3) is 3.45. The van der Waals surface area contributed by atoms with Crippen LogP contribution in [0.5, 0.6) is 0 Å². The maximum absolute atomic E-state index is 5.98. The van der Waals surface area contributed by atoms with Crippen molar-refractivity contribution < 1.29 is 4.74 Å². The van der Waals surface area contributed by atoms with Gasteiger partial charge in [-0.25, -0.2) is 19.9 Å². The van der Waals surface area contributed by atoms with Gasteiger partial charge in [-0.15, -0.1) is 11.3 Å². The molecule has 0 bridgehead atoms. The molecule has 0 saturated carbocycles. The standard InChI is InChI=1S/C20H19N7OS/c21-14-3-1-2-12(8-14)16-9-15-17(29-16)19(27-4-6-28-7-5-27)26-18(25-15)13-10-23-20(22)24-11-13/h1-3,8-11H,4-7,21H2,(H2,22,23,24). The summed E-state index contributed by atoms with van der Waals surface area (Å²) in [5.41, 5.74) is 15.0. The van der Waals surface area contributed by atoms with Crippen LogP contribution in [0.4, 0.5) is 17.5 Å². The van der Waals surface area contributed by atoms with Crippen LogP contribution in [-0.2, 0) is 4.74 Å². The summed E-state index contributed by atoms with van der Waals surface area (Å²) in [4.78, 5) is 21.2. The maximum Gasteiger partial charge on any atom is 0.219 e. The van der Waals surface area contributed by atoms with E-state index in [0.29, 0.717) is 19.0 Å². The molecular weight excluding hydrogens is 386 g/mol. The lowest BCUT2D eigenvalue weighted by molar-refractivity contribution is 0.122. The van der Waals surface area contributed by atoms with Crippen molar-refractivity contribution in [3.63, 3.8) is 0 Å². The number of aromatic nitrogens is 4. The number of fused-ring (bicyclic) bond motifs is 1. The van der Waals surface area contributed by atoms with Crippen LogP contribution in [0.1, 0.15) is 0 Å². The zero-order valence-electron chi connectivity index (χ0n) is 15.6. The molecule has 0 aliphatic carbocycles. The second-order valence-electron chi connectivity index (χ2n) is 6.75. The van der Waals surface area contributed by atoms with Crippen molar-refractivity contribution >= 4 is 39.0 Å². The minimum Gasteiger partial charge on any atom is -0.399 e. The molecule has 1 saturated heterocycles. The average Bonchev–Trinajstić information content (AvgIpc) is 3.18. The number of thiophene rings is 1. The average molecular weight is 405 g/mol. The van der Waals surface area contributed by atoms with Crippen LogP contribution >= 0.6 is 11.3 Å². The number of rotatable bonds is 3. The van der Waals surface area contributed by atoms with Crippen LogP contribution in [0.2, 0.25) is 0 Å². The van der Waals surface area contributed by atoms with Gasteiger partial charge in [0.05, 0.1) is 29.0 Å². The summed E-state index contributed by atoms with van der Waals surface area (Å²) in [6, 6.07) is 9.96. The molecule has 0 amide bonds. The number of nitrogens with two attached hydrogens (primary N) is 2. The molecule has 146 valence electrons. The van der Waals surface area contributed by atoms with Crippen molar-refractivity contribution in [1.82, 2.24) is 19.9 Å². The molecule has 4 heterocycles. The number of hydrogen-bond acceptors (Lipinski definition) is 9. The largest absolute Gasteiger partial charge is 0.399 e. The first kappa shape index (κ1) is 17.8. The molecule has 5 rings (SSSR count). The summed E-state index contributed by atoms with van der Waals surface area (Å²) in [6.07, 6.45) is 3.30. The lowest BCUT2D eigenvalue weighted by Gasteiger charge is -2.28. The Balaban J connectivity index is 1.68. The maximum atomic E-state index is 5.98. The van der Waals surface area contributed by atoms with Crippen LogP contribution < -0.4 is 16.4 Å². The molecule has 3 aromatic heterocycles. The van der Waals surface area contributed by atoms with E-state index in [2.05, 4.69) is 27.0 Å². The number of hydrogen-bond donors (Lipinski definition) is 2. The Morgan fingerprint density at radius 2 is 1.76 bits per heavy atom. The van der Waals surface area contributed by atoms with Gasteiger partial charge in [-0.2, -0.15) is 0 Å². The van der Waals surface area contributed by atoms with E-state index in [1.54, 1.807) is 23.7 Å². The van der Waals surface area contributed by atoms with Crippen molar-refractivity contribution in [3.05, 3.63) is 42.7 Å². The summed E-state index contributed by atoms with van der Waals surface area (Å²) in [5, 5.41) is 0. The zero-order chi connectivity index (χ0) is 19.8. The number of morpholine rings is 1. The molecule has 1 aliphatic heterocycles. The molecule has 8 nitrogen and oxygen atoms in total. The molecule has 1 aromatic carbocycles. The molecule has 1 aliphatic rings. The fourth-order valence-electron chi connectivity index (χ4n) is 3.32. The molecular formula is C20H19N7OS. The fourth-order valence-corrected chi connectivity index (χ4v) is 4.43. The van der Waals surface area contributed by atoms with E-state index in [4.69, 9.17) is 26.2 Å². The minimum absolute atomic E-state index is 0.225. The molecule has 0 radical (unpaired) electrons. The molecule has 0 atom stereocenters. The van der Waals surface area contributed by atoms with Crippen LogP contribution in [-0.4, -0.2) is 46.2 Å². The van der Waals surface area contributed by atoms with Gasteiger partial charge in [0.1, 0.15) is 0 Å². The lowest BCUT2D eigenvalue weighted by atomic mass is 10.1. The molecule has 4 aromatic rings. The predicted octanol–water partition coefficient (Wildman–Crippen LogP) is 2.82. The van der Waals surface area contributed by atoms with Crippen LogP contribution in [0.3, 0.4) is 0 Å². The van der Waals surface area contributed by atoms with Gasteiger partial charge in [0.15, 0.2) is 11.6 Å². The van der Waals surface area contributed by atoms with E-state index in [1.807, 2.05) is 18.2 Å². The van der Waals surface area contributed by atoms with Gasteiger partial charge < -0.3 is 21.1 Å². The molecule has 1 fully saturated rings.